The number of halogens is 2. The van der Waals surface area contributed by atoms with Crippen LogP contribution < -0.4 is 5.32 Å². The van der Waals surface area contributed by atoms with Crippen molar-refractivity contribution in [1.82, 2.24) is 5.32 Å². The van der Waals surface area contributed by atoms with E-state index >= 15 is 0 Å². The van der Waals surface area contributed by atoms with Gasteiger partial charge in [0.2, 0.25) is 5.91 Å². The molecular weight excluding hydrogens is 300 g/mol. The van der Waals surface area contributed by atoms with E-state index in [1.54, 1.807) is 0 Å². The number of aliphatic hydroxyl groups excluding tert-OH is 1. The fourth-order valence-electron chi connectivity index (χ4n) is 3.71. The lowest BCUT2D eigenvalue weighted by molar-refractivity contribution is -0.123. The molecule has 1 amide bonds. The van der Waals surface area contributed by atoms with Gasteiger partial charge in [-0.15, -0.1) is 0 Å². The van der Waals surface area contributed by atoms with Crippen LogP contribution in [-0.2, 0) is 4.79 Å². The maximum absolute atomic E-state index is 13.8. The van der Waals surface area contributed by atoms with Gasteiger partial charge in [-0.3, -0.25) is 4.79 Å². The van der Waals surface area contributed by atoms with Gasteiger partial charge in [-0.1, -0.05) is 19.3 Å². The topological polar surface area (TPSA) is 49.3 Å². The first-order valence-corrected chi connectivity index (χ1v) is 8.46. The Balaban J connectivity index is 1.62. The van der Waals surface area contributed by atoms with Gasteiger partial charge in [0, 0.05) is 24.5 Å². The van der Waals surface area contributed by atoms with Crippen molar-refractivity contribution >= 4 is 5.91 Å². The van der Waals surface area contributed by atoms with E-state index in [-0.39, 0.29) is 36.3 Å². The number of hydrogen-bond acceptors (Lipinski definition) is 2. The summed E-state index contributed by atoms with van der Waals surface area (Å²) < 4.78 is 27.1. The van der Waals surface area contributed by atoms with Crippen LogP contribution in [0, 0.1) is 23.5 Å². The SMILES string of the molecule is O=C(NC1CCCCCC1CO)C1CC1c1cc(F)ccc1F. The van der Waals surface area contributed by atoms with E-state index in [4.69, 9.17) is 0 Å². The summed E-state index contributed by atoms with van der Waals surface area (Å²) in [6, 6.07) is 3.39. The fraction of sp³-hybridized carbons (Fsp3) is 0.611. The molecule has 0 heterocycles. The van der Waals surface area contributed by atoms with E-state index in [9.17, 15) is 18.7 Å². The molecule has 3 rings (SSSR count). The smallest absolute Gasteiger partial charge is 0.223 e. The second-order valence-electron chi connectivity index (χ2n) is 6.81. The van der Waals surface area contributed by atoms with Gasteiger partial charge < -0.3 is 10.4 Å². The van der Waals surface area contributed by atoms with Gasteiger partial charge in [0.15, 0.2) is 0 Å². The number of rotatable bonds is 4. The van der Waals surface area contributed by atoms with Gasteiger partial charge in [0.1, 0.15) is 11.6 Å². The summed E-state index contributed by atoms with van der Waals surface area (Å²) in [5.74, 6) is -1.43. The van der Waals surface area contributed by atoms with Crippen LogP contribution in [0.1, 0.15) is 50.0 Å². The molecule has 126 valence electrons. The van der Waals surface area contributed by atoms with Crippen LogP contribution in [0.15, 0.2) is 18.2 Å². The Morgan fingerprint density at radius 3 is 2.78 bits per heavy atom. The van der Waals surface area contributed by atoms with Crippen molar-refractivity contribution in [2.24, 2.45) is 11.8 Å². The molecule has 0 spiro atoms. The summed E-state index contributed by atoms with van der Waals surface area (Å²) in [5, 5.41) is 12.5. The zero-order chi connectivity index (χ0) is 16.4. The van der Waals surface area contributed by atoms with E-state index in [0.717, 1.165) is 44.2 Å². The molecule has 2 N–H and O–H groups in total. The van der Waals surface area contributed by atoms with Gasteiger partial charge in [-0.05, 0) is 48.9 Å². The highest BCUT2D eigenvalue weighted by atomic mass is 19.1. The van der Waals surface area contributed by atoms with Crippen LogP contribution in [0.5, 0.6) is 0 Å². The molecule has 2 aliphatic rings. The van der Waals surface area contributed by atoms with Crippen LogP contribution in [0.3, 0.4) is 0 Å². The van der Waals surface area contributed by atoms with Crippen LogP contribution in [0.4, 0.5) is 8.78 Å². The number of carbonyl (C=O) groups is 1. The monoisotopic (exact) mass is 323 g/mol. The Hall–Kier alpha value is -1.49. The summed E-state index contributed by atoms with van der Waals surface area (Å²) in [4.78, 5) is 12.4. The molecule has 2 saturated carbocycles. The Bertz CT molecular complexity index is 578. The summed E-state index contributed by atoms with van der Waals surface area (Å²) in [6.07, 6.45) is 5.62. The van der Waals surface area contributed by atoms with Crippen LogP contribution >= 0.6 is 0 Å². The van der Waals surface area contributed by atoms with E-state index in [1.165, 1.54) is 6.07 Å². The lowest BCUT2D eigenvalue weighted by Gasteiger charge is -2.24. The maximum atomic E-state index is 13.8. The standard InChI is InChI=1S/C18H23F2NO2/c19-12-6-7-16(20)14(8-12)13-9-15(13)18(23)21-17-5-3-1-2-4-11(17)10-22/h6-8,11,13,15,17,22H,1-5,9-10H2,(H,21,23). The molecule has 0 aromatic heterocycles. The summed E-state index contributed by atoms with van der Waals surface area (Å²) in [6.45, 7) is 0.0809. The minimum atomic E-state index is -0.475. The quantitative estimate of drug-likeness (QED) is 0.837. The number of benzene rings is 1. The zero-order valence-electron chi connectivity index (χ0n) is 13.1. The lowest BCUT2D eigenvalue weighted by Crippen LogP contribution is -2.42. The Kier molecular flexibility index (Phi) is 4.95. The third-order valence-corrected chi connectivity index (χ3v) is 5.21. The third-order valence-electron chi connectivity index (χ3n) is 5.21. The first-order chi connectivity index (χ1) is 11.1. The second kappa shape index (κ2) is 6.95. The largest absolute Gasteiger partial charge is 0.396 e. The highest BCUT2D eigenvalue weighted by Crippen LogP contribution is 2.48. The second-order valence-corrected chi connectivity index (χ2v) is 6.81. The molecule has 0 aliphatic heterocycles. The predicted octanol–water partition coefficient (Wildman–Crippen LogP) is 3.13. The number of hydrogen-bond donors (Lipinski definition) is 2. The van der Waals surface area contributed by atoms with Crippen molar-refractivity contribution in [3.05, 3.63) is 35.4 Å². The van der Waals surface area contributed by atoms with Crippen molar-refractivity contribution < 1.29 is 18.7 Å². The van der Waals surface area contributed by atoms with Crippen molar-refractivity contribution in [3.63, 3.8) is 0 Å². The minimum Gasteiger partial charge on any atom is -0.396 e. The van der Waals surface area contributed by atoms with E-state index in [2.05, 4.69) is 5.32 Å². The molecule has 3 nitrogen and oxygen atoms in total. The molecule has 1 aromatic rings. The van der Waals surface area contributed by atoms with Crippen LogP contribution in [-0.4, -0.2) is 23.7 Å². The van der Waals surface area contributed by atoms with Gasteiger partial charge >= 0.3 is 0 Å². The summed E-state index contributed by atoms with van der Waals surface area (Å²) in [5.41, 5.74) is 0.296. The maximum Gasteiger partial charge on any atom is 0.223 e. The normalized spacial score (nSPS) is 30.6. The first kappa shape index (κ1) is 16.4. The Morgan fingerprint density at radius 1 is 1.22 bits per heavy atom. The fourth-order valence-corrected chi connectivity index (χ4v) is 3.71. The molecular formula is C18H23F2NO2. The average molecular weight is 323 g/mol. The molecule has 23 heavy (non-hydrogen) atoms. The zero-order valence-corrected chi connectivity index (χ0v) is 13.1. The van der Waals surface area contributed by atoms with Crippen LogP contribution in [0.2, 0.25) is 0 Å². The minimum absolute atomic E-state index is 0.00592. The average Bonchev–Trinajstić information content (AvgIpc) is 3.33. The molecule has 0 saturated heterocycles. The van der Waals surface area contributed by atoms with Gasteiger partial charge in [0.25, 0.3) is 0 Å². The van der Waals surface area contributed by atoms with E-state index in [1.807, 2.05) is 0 Å². The highest BCUT2D eigenvalue weighted by Gasteiger charge is 2.46. The first-order valence-electron chi connectivity index (χ1n) is 8.46. The van der Waals surface area contributed by atoms with Crippen molar-refractivity contribution in [1.29, 1.82) is 0 Å². The molecule has 4 unspecified atom stereocenters. The van der Waals surface area contributed by atoms with Gasteiger partial charge in [-0.2, -0.15) is 0 Å². The molecule has 0 radical (unpaired) electrons. The van der Waals surface area contributed by atoms with E-state index < -0.39 is 11.6 Å². The van der Waals surface area contributed by atoms with Gasteiger partial charge in [-0.25, -0.2) is 8.78 Å². The van der Waals surface area contributed by atoms with E-state index in [0.29, 0.717) is 12.0 Å². The predicted molar refractivity (Wildman–Crippen MR) is 82.8 cm³/mol. The molecule has 1 aromatic carbocycles. The van der Waals surface area contributed by atoms with Crippen molar-refractivity contribution in [3.8, 4) is 0 Å². The molecule has 5 heteroatoms. The molecule has 2 fully saturated rings. The molecule has 2 aliphatic carbocycles. The third kappa shape index (κ3) is 3.71. The Morgan fingerprint density at radius 2 is 2.00 bits per heavy atom. The highest BCUT2D eigenvalue weighted by molar-refractivity contribution is 5.83. The number of carbonyl (C=O) groups excluding carboxylic acids is 1. The number of aliphatic hydroxyl groups is 1. The van der Waals surface area contributed by atoms with Crippen LogP contribution in [0.25, 0.3) is 0 Å². The molecule has 0 bridgehead atoms. The number of nitrogens with one attached hydrogen (secondary N) is 1. The Labute approximate surface area is 135 Å². The summed E-state index contributed by atoms with van der Waals surface area (Å²) in [7, 11) is 0. The van der Waals surface area contributed by atoms with Gasteiger partial charge in [0.05, 0.1) is 0 Å². The van der Waals surface area contributed by atoms with Crippen molar-refractivity contribution in [2.45, 2.75) is 50.5 Å². The lowest BCUT2D eigenvalue weighted by atomic mass is 9.95. The van der Waals surface area contributed by atoms with Crippen molar-refractivity contribution in [2.75, 3.05) is 6.61 Å². The number of amides is 1. The molecule has 4 atom stereocenters. The summed E-state index contributed by atoms with van der Waals surface area (Å²) >= 11 is 0.